The summed E-state index contributed by atoms with van der Waals surface area (Å²) in [5.41, 5.74) is -1.22. The maximum atomic E-state index is 12.7. The second-order valence-corrected chi connectivity index (χ2v) is 5.77. The van der Waals surface area contributed by atoms with Crippen LogP contribution in [-0.4, -0.2) is 18.4 Å². The first-order valence-electron chi connectivity index (χ1n) is 5.09. The van der Waals surface area contributed by atoms with Crippen LogP contribution < -0.4 is 4.72 Å². The number of sulfonamides is 1. The predicted molar refractivity (Wildman–Crippen MR) is 65.9 cm³/mol. The van der Waals surface area contributed by atoms with E-state index in [9.17, 15) is 21.6 Å². The molecule has 0 aliphatic carbocycles. The Morgan fingerprint density at radius 2 is 2.00 bits per heavy atom. The Hall–Kier alpha value is -1.74. The molecule has 0 aliphatic rings. The van der Waals surface area contributed by atoms with Gasteiger partial charge in [0.25, 0.3) is 10.0 Å². The summed E-state index contributed by atoms with van der Waals surface area (Å²) in [6, 6.07) is 2.32. The zero-order chi connectivity index (χ0) is 15.0. The molecule has 1 aromatic heterocycles. The summed E-state index contributed by atoms with van der Waals surface area (Å²) in [6.45, 7) is 0. The molecule has 0 spiro atoms. The third-order valence-corrected chi connectivity index (χ3v) is 3.95. The van der Waals surface area contributed by atoms with Crippen LogP contribution in [0.4, 0.5) is 19.1 Å². The van der Waals surface area contributed by atoms with Crippen LogP contribution >= 0.6 is 11.6 Å². The van der Waals surface area contributed by atoms with Crippen molar-refractivity contribution in [3.63, 3.8) is 0 Å². The van der Waals surface area contributed by atoms with E-state index >= 15 is 0 Å². The Morgan fingerprint density at radius 1 is 1.30 bits per heavy atom. The van der Waals surface area contributed by atoms with Crippen molar-refractivity contribution in [2.24, 2.45) is 0 Å². The molecule has 108 valence electrons. The van der Waals surface area contributed by atoms with Crippen LogP contribution in [0.15, 0.2) is 35.5 Å². The van der Waals surface area contributed by atoms with Crippen molar-refractivity contribution < 1.29 is 21.6 Å². The van der Waals surface area contributed by atoms with Crippen LogP contribution in [0.1, 0.15) is 5.56 Å². The van der Waals surface area contributed by atoms with Crippen molar-refractivity contribution in [3.8, 4) is 0 Å². The summed E-state index contributed by atoms with van der Waals surface area (Å²) in [4.78, 5) is 5.53. The molecule has 0 aliphatic heterocycles. The molecular weight excluding hydrogens is 319 g/mol. The van der Waals surface area contributed by atoms with E-state index in [1.165, 1.54) is 12.4 Å². The number of nitrogens with one attached hydrogen (secondary N) is 2. The monoisotopic (exact) mass is 325 g/mol. The fourth-order valence-electron chi connectivity index (χ4n) is 1.40. The topological polar surface area (TPSA) is 74.8 Å². The third-order valence-electron chi connectivity index (χ3n) is 2.28. The van der Waals surface area contributed by atoms with E-state index in [1.54, 1.807) is 0 Å². The number of rotatable bonds is 3. The van der Waals surface area contributed by atoms with E-state index in [2.05, 4.69) is 9.97 Å². The SMILES string of the molecule is O=S(=O)(Nc1ncc[nH]1)c1ccc(Cl)c(C(F)(F)F)c1. The lowest BCUT2D eigenvalue weighted by Crippen LogP contribution is -2.15. The number of aromatic amines is 1. The average molecular weight is 326 g/mol. The molecule has 1 aromatic carbocycles. The summed E-state index contributed by atoms with van der Waals surface area (Å²) >= 11 is 5.42. The molecule has 2 N–H and O–H groups in total. The molecule has 20 heavy (non-hydrogen) atoms. The first kappa shape index (κ1) is 14.7. The number of H-pyrrole nitrogens is 1. The van der Waals surface area contributed by atoms with Crippen LogP contribution in [0.2, 0.25) is 5.02 Å². The van der Waals surface area contributed by atoms with Gasteiger partial charge < -0.3 is 4.98 Å². The van der Waals surface area contributed by atoms with Gasteiger partial charge in [-0.05, 0) is 18.2 Å². The maximum Gasteiger partial charge on any atom is 0.417 e. The number of alkyl halides is 3. The van der Waals surface area contributed by atoms with E-state index in [0.717, 1.165) is 12.1 Å². The van der Waals surface area contributed by atoms with Crippen molar-refractivity contribution in [1.82, 2.24) is 9.97 Å². The van der Waals surface area contributed by atoms with Crippen LogP contribution in [0.5, 0.6) is 0 Å². The smallest absolute Gasteiger partial charge is 0.330 e. The van der Waals surface area contributed by atoms with Gasteiger partial charge in [-0.3, -0.25) is 0 Å². The van der Waals surface area contributed by atoms with E-state index in [1.807, 2.05) is 4.72 Å². The minimum absolute atomic E-state index is 0.103. The number of hydrogen-bond donors (Lipinski definition) is 2. The number of halogens is 4. The van der Waals surface area contributed by atoms with Crippen molar-refractivity contribution in [1.29, 1.82) is 0 Å². The first-order chi connectivity index (χ1) is 9.20. The quantitative estimate of drug-likeness (QED) is 0.911. The number of benzene rings is 1. The molecule has 2 rings (SSSR count). The number of aromatic nitrogens is 2. The van der Waals surface area contributed by atoms with E-state index < -0.39 is 31.7 Å². The Labute approximate surface area is 116 Å². The van der Waals surface area contributed by atoms with E-state index in [4.69, 9.17) is 11.6 Å². The molecule has 0 bridgehead atoms. The van der Waals surface area contributed by atoms with Crippen molar-refractivity contribution in [3.05, 3.63) is 41.2 Å². The third kappa shape index (κ3) is 3.05. The largest absolute Gasteiger partial charge is 0.417 e. The molecule has 0 amide bonds. The van der Waals surface area contributed by atoms with E-state index in [0.29, 0.717) is 6.07 Å². The van der Waals surface area contributed by atoms with Gasteiger partial charge in [-0.1, -0.05) is 11.6 Å². The molecule has 10 heteroatoms. The van der Waals surface area contributed by atoms with Crippen molar-refractivity contribution in [2.75, 3.05) is 4.72 Å². The van der Waals surface area contributed by atoms with Crippen LogP contribution in [-0.2, 0) is 16.2 Å². The van der Waals surface area contributed by atoms with Crippen LogP contribution in [0.25, 0.3) is 0 Å². The minimum Gasteiger partial charge on any atom is -0.330 e. The Bertz CT molecular complexity index is 714. The minimum atomic E-state index is -4.74. The molecule has 0 saturated carbocycles. The van der Waals surface area contributed by atoms with Crippen LogP contribution in [0, 0.1) is 0 Å². The summed E-state index contributed by atoms with van der Waals surface area (Å²) in [7, 11) is -4.19. The van der Waals surface area contributed by atoms with Gasteiger partial charge in [-0.15, -0.1) is 0 Å². The molecule has 0 atom stereocenters. The number of anilines is 1. The Kier molecular flexibility index (Phi) is 3.65. The molecule has 2 aromatic rings. The summed E-state index contributed by atoms with van der Waals surface area (Å²) in [5, 5.41) is -0.575. The molecular formula is C10H7ClF3N3O2S. The maximum absolute atomic E-state index is 12.7. The first-order valence-corrected chi connectivity index (χ1v) is 6.95. The fourth-order valence-corrected chi connectivity index (χ4v) is 2.62. The molecule has 0 unspecified atom stereocenters. The van der Waals surface area contributed by atoms with Crippen molar-refractivity contribution in [2.45, 2.75) is 11.1 Å². The van der Waals surface area contributed by atoms with Gasteiger partial charge >= 0.3 is 6.18 Å². The van der Waals surface area contributed by atoms with Gasteiger partial charge in [-0.25, -0.2) is 18.1 Å². The highest BCUT2D eigenvalue weighted by atomic mass is 35.5. The van der Waals surface area contributed by atoms with Crippen LogP contribution in [0.3, 0.4) is 0 Å². The van der Waals surface area contributed by atoms with Gasteiger partial charge in [0, 0.05) is 12.4 Å². The van der Waals surface area contributed by atoms with Gasteiger partial charge in [-0.2, -0.15) is 13.2 Å². The molecule has 5 nitrogen and oxygen atoms in total. The summed E-state index contributed by atoms with van der Waals surface area (Å²) in [5.74, 6) is -0.103. The van der Waals surface area contributed by atoms with Gasteiger partial charge in [0.1, 0.15) is 0 Å². The summed E-state index contributed by atoms with van der Waals surface area (Å²) < 4.78 is 63.9. The molecule has 1 heterocycles. The zero-order valence-electron chi connectivity index (χ0n) is 9.57. The molecule has 0 fully saturated rings. The number of hydrogen-bond acceptors (Lipinski definition) is 3. The highest BCUT2D eigenvalue weighted by molar-refractivity contribution is 7.92. The lowest BCUT2D eigenvalue weighted by Gasteiger charge is -2.11. The van der Waals surface area contributed by atoms with Gasteiger partial charge in [0.05, 0.1) is 15.5 Å². The number of imidazole rings is 1. The van der Waals surface area contributed by atoms with E-state index in [-0.39, 0.29) is 5.95 Å². The highest BCUT2D eigenvalue weighted by Crippen LogP contribution is 2.36. The Morgan fingerprint density at radius 3 is 2.55 bits per heavy atom. The fraction of sp³-hybridized carbons (Fsp3) is 0.100. The van der Waals surface area contributed by atoms with Gasteiger partial charge in [0.2, 0.25) is 5.95 Å². The predicted octanol–water partition coefficient (Wildman–Crippen LogP) is 2.88. The standard InChI is InChI=1S/C10H7ClF3N3O2S/c11-8-2-1-6(5-7(8)10(12,13)14)20(18,19)17-9-15-3-4-16-9/h1-5H,(H2,15,16,17). The lowest BCUT2D eigenvalue weighted by atomic mass is 10.2. The van der Waals surface area contributed by atoms with Gasteiger partial charge in [0.15, 0.2) is 0 Å². The van der Waals surface area contributed by atoms with Crippen molar-refractivity contribution >= 4 is 27.6 Å². The normalized spacial score (nSPS) is 12.4. The highest BCUT2D eigenvalue weighted by Gasteiger charge is 2.34. The second-order valence-electron chi connectivity index (χ2n) is 3.68. The number of nitrogens with zero attached hydrogens (tertiary/aromatic N) is 1. The molecule has 0 radical (unpaired) electrons. The lowest BCUT2D eigenvalue weighted by molar-refractivity contribution is -0.137. The second kappa shape index (κ2) is 4.98. The molecule has 0 saturated heterocycles. The zero-order valence-corrected chi connectivity index (χ0v) is 11.1. The Balaban J connectivity index is 2.43. The average Bonchev–Trinajstić information content (AvgIpc) is 2.79. The summed E-state index contributed by atoms with van der Waals surface area (Å²) in [6.07, 6.45) is -2.09.